The number of hydrogen-bond acceptors (Lipinski definition) is 5. The zero-order valence-corrected chi connectivity index (χ0v) is 20.2. The first-order chi connectivity index (χ1) is 14.9. The molecule has 0 radical (unpaired) electrons. The van der Waals surface area contributed by atoms with Crippen molar-refractivity contribution in [3.8, 4) is 5.75 Å². The van der Waals surface area contributed by atoms with Crippen LogP contribution in [0, 0.1) is 10.1 Å². The lowest BCUT2D eigenvalue weighted by Gasteiger charge is -2.18. The third-order valence-corrected chi connectivity index (χ3v) is 6.49. The topological polar surface area (TPSA) is 138 Å². The Kier molecular flexibility index (Phi) is 10.8. The summed E-state index contributed by atoms with van der Waals surface area (Å²) in [6.45, 7) is 7.52. The first-order valence-corrected chi connectivity index (χ1v) is 11.9. The van der Waals surface area contributed by atoms with Crippen LogP contribution in [0.2, 0.25) is 0 Å². The normalized spacial score (nSPS) is 11.1. The van der Waals surface area contributed by atoms with Crippen LogP contribution in [0.3, 0.4) is 0 Å². The van der Waals surface area contributed by atoms with Crippen molar-refractivity contribution in [3.63, 3.8) is 0 Å². The van der Waals surface area contributed by atoms with Crippen LogP contribution in [0.1, 0.15) is 32.3 Å². The number of nitrogens with one attached hydrogen (secondary N) is 2. The molecule has 3 aromatic rings. The van der Waals surface area contributed by atoms with Gasteiger partial charge in [-0.25, -0.2) is 0 Å². The van der Waals surface area contributed by atoms with Gasteiger partial charge in [-0.05, 0) is 42.7 Å². The zero-order valence-electron chi connectivity index (χ0n) is 18.6. The van der Waals surface area contributed by atoms with Crippen molar-refractivity contribution in [2.45, 2.75) is 38.0 Å². The molecule has 0 spiro atoms. The highest BCUT2D eigenvalue weighted by molar-refractivity contribution is 7.87. The van der Waals surface area contributed by atoms with E-state index in [0.717, 1.165) is 67.5 Å². The second kappa shape index (κ2) is 12.5. The molecule has 1 heterocycles. The van der Waals surface area contributed by atoms with E-state index in [2.05, 4.69) is 18.8 Å². The fraction of sp³-hybridized carbons (Fsp3) is 0.364. The zero-order chi connectivity index (χ0) is 22.4. The molecule has 0 saturated carbocycles. The molecule has 3 rings (SSSR count). The molecule has 0 unspecified atom stereocenters. The molecule has 0 amide bonds. The summed E-state index contributed by atoms with van der Waals surface area (Å²) in [7, 11) is -4.13. The molecule has 33 heavy (non-hydrogen) atoms. The van der Waals surface area contributed by atoms with E-state index in [4.69, 9.17) is 4.18 Å². The molecule has 0 bridgehead atoms. The van der Waals surface area contributed by atoms with Gasteiger partial charge in [0.1, 0.15) is 4.90 Å². The Balaban J connectivity index is 0.00000272. The van der Waals surface area contributed by atoms with Gasteiger partial charge in [0.05, 0.1) is 24.6 Å². The van der Waals surface area contributed by atoms with Gasteiger partial charge in [0, 0.05) is 35.7 Å². The third kappa shape index (κ3) is 6.91. The molecule has 0 saturated heterocycles. The number of quaternary nitrogens is 1. The molecule has 4 N–H and O–H groups in total. The molecule has 1 aromatic heterocycles. The van der Waals surface area contributed by atoms with Crippen LogP contribution in [-0.2, 0) is 16.5 Å². The molecule has 0 aliphatic rings. The average Bonchev–Trinajstić information content (AvgIpc) is 3.16. The van der Waals surface area contributed by atoms with Crippen LogP contribution >= 0.6 is 0 Å². The fourth-order valence-electron chi connectivity index (χ4n) is 3.78. The van der Waals surface area contributed by atoms with Gasteiger partial charge < -0.3 is 32.0 Å². The molecule has 0 fully saturated rings. The summed E-state index contributed by atoms with van der Waals surface area (Å²) in [5, 5.41) is 11.6. The molecular formula is C22H30ClN3O6S. The molecule has 182 valence electrons. The van der Waals surface area contributed by atoms with Crippen LogP contribution in [-0.4, -0.2) is 43.4 Å². The van der Waals surface area contributed by atoms with Gasteiger partial charge in [0.25, 0.3) is 5.69 Å². The van der Waals surface area contributed by atoms with Crippen LogP contribution in [0.15, 0.2) is 53.6 Å². The highest BCUT2D eigenvalue weighted by Crippen LogP contribution is 2.31. The minimum absolute atomic E-state index is 0. The highest BCUT2D eigenvalue weighted by Gasteiger charge is 2.21. The molecule has 0 aliphatic heterocycles. The summed E-state index contributed by atoms with van der Waals surface area (Å²) < 4.78 is 31.1. The maximum Gasteiger partial charge on any atom is 0.339 e. The predicted molar refractivity (Wildman–Crippen MR) is 123 cm³/mol. The number of nitro benzene ring substituents is 1. The Morgan fingerprint density at radius 3 is 2.24 bits per heavy atom. The minimum atomic E-state index is -4.13. The number of nitrogens with zero attached hydrogens (tertiary/aromatic N) is 1. The van der Waals surface area contributed by atoms with E-state index in [1.54, 1.807) is 12.1 Å². The molecule has 0 aliphatic carbocycles. The van der Waals surface area contributed by atoms with Crippen LogP contribution < -0.4 is 21.5 Å². The van der Waals surface area contributed by atoms with Crippen molar-refractivity contribution in [2.75, 3.05) is 19.6 Å². The van der Waals surface area contributed by atoms with Gasteiger partial charge in [-0.3, -0.25) is 10.1 Å². The van der Waals surface area contributed by atoms with Crippen LogP contribution in [0.4, 0.5) is 5.69 Å². The Morgan fingerprint density at radius 1 is 1.03 bits per heavy atom. The van der Waals surface area contributed by atoms with E-state index in [-0.39, 0.29) is 34.2 Å². The quantitative estimate of drug-likeness (QED) is 0.203. The number of fused-ring (bicyclic) bond motifs is 1. The number of H-pyrrole nitrogens is 1. The number of rotatable bonds is 11. The summed E-state index contributed by atoms with van der Waals surface area (Å²) in [6, 6.07) is 9.91. The number of nitro groups is 1. The lowest BCUT2D eigenvalue weighted by atomic mass is 10.1. The van der Waals surface area contributed by atoms with E-state index in [1.165, 1.54) is 17.0 Å². The predicted octanol–water partition coefficient (Wildman–Crippen LogP) is -0.729. The summed E-state index contributed by atoms with van der Waals surface area (Å²) >= 11 is 0. The van der Waals surface area contributed by atoms with E-state index in [1.807, 2.05) is 12.3 Å². The number of halogens is 1. The Hall–Kier alpha value is -2.66. The van der Waals surface area contributed by atoms with E-state index >= 15 is 0 Å². The van der Waals surface area contributed by atoms with Gasteiger partial charge >= 0.3 is 10.1 Å². The lowest BCUT2D eigenvalue weighted by Crippen LogP contribution is -3.12. The Morgan fingerprint density at radius 2 is 1.67 bits per heavy atom. The van der Waals surface area contributed by atoms with Gasteiger partial charge in [-0.15, -0.1) is 0 Å². The SMILES string of the molecule is CCC[NH+](CCC)CCc1c[nH]c2cccc(OS(=O)(=O)c3ccc([N+](=O)[O-])cc3)c12.O.[Cl-]. The number of benzene rings is 2. The summed E-state index contributed by atoms with van der Waals surface area (Å²) in [6.07, 6.45) is 4.94. The number of aromatic nitrogens is 1. The van der Waals surface area contributed by atoms with Crippen molar-refractivity contribution in [3.05, 3.63) is 64.3 Å². The van der Waals surface area contributed by atoms with Crippen molar-refractivity contribution in [1.82, 2.24) is 4.98 Å². The first kappa shape index (κ1) is 28.4. The van der Waals surface area contributed by atoms with E-state index < -0.39 is 15.0 Å². The Bertz CT molecular complexity index is 1140. The van der Waals surface area contributed by atoms with Gasteiger partial charge in [0.2, 0.25) is 0 Å². The van der Waals surface area contributed by atoms with Gasteiger partial charge in [0.15, 0.2) is 5.75 Å². The van der Waals surface area contributed by atoms with Crippen LogP contribution in [0.5, 0.6) is 5.75 Å². The second-order valence-corrected chi connectivity index (χ2v) is 9.08. The maximum atomic E-state index is 12.8. The van der Waals surface area contributed by atoms with Gasteiger partial charge in [-0.2, -0.15) is 8.42 Å². The third-order valence-electron chi connectivity index (χ3n) is 5.24. The second-order valence-electron chi connectivity index (χ2n) is 7.53. The lowest BCUT2D eigenvalue weighted by molar-refractivity contribution is -0.900. The largest absolute Gasteiger partial charge is 1.00 e. The Labute approximate surface area is 199 Å². The molecule has 0 atom stereocenters. The fourth-order valence-corrected chi connectivity index (χ4v) is 4.72. The maximum absolute atomic E-state index is 12.8. The van der Waals surface area contributed by atoms with E-state index in [9.17, 15) is 18.5 Å². The summed E-state index contributed by atoms with van der Waals surface area (Å²) in [4.78, 5) is 14.8. The highest BCUT2D eigenvalue weighted by atomic mass is 35.5. The van der Waals surface area contributed by atoms with Crippen molar-refractivity contribution in [1.29, 1.82) is 0 Å². The summed E-state index contributed by atoms with van der Waals surface area (Å²) in [5.41, 5.74) is 1.63. The first-order valence-electron chi connectivity index (χ1n) is 10.5. The average molecular weight is 500 g/mol. The minimum Gasteiger partial charge on any atom is -1.00 e. The molecular weight excluding hydrogens is 470 g/mol. The molecule has 2 aromatic carbocycles. The van der Waals surface area contributed by atoms with Crippen molar-refractivity contribution >= 4 is 26.7 Å². The monoisotopic (exact) mass is 499 g/mol. The van der Waals surface area contributed by atoms with E-state index in [0.29, 0.717) is 0 Å². The number of non-ortho nitro benzene ring substituents is 1. The molecule has 9 nitrogen and oxygen atoms in total. The van der Waals surface area contributed by atoms with Crippen molar-refractivity contribution < 1.29 is 40.3 Å². The smallest absolute Gasteiger partial charge is 0.339 e. The van der Waals surface area contributed by atoms with Gasteiger partial charge in [-0.1, -0.05) is 19.9 Å². The number of hydrogen-bond donors (Lipinski definition) is 2. The van der Waals surface area contributed by atoms with Crippen molar-refractivity contribution in [2.24, 2.45) is 0 Å². The summed E-state index contributed by atoms with van der Waals surface area (Å²) in [5.74, 6) is 0.250. The number of aromatic amines is 1. The van der Waals surface area contributed by atoms with Crippen LogP contribution in [0.25, 0.3) is 10.9 Å². The molecule has 11 heteroatoms. The standard InChI is InChI=1S/C22H27N3O5S.ClH.H2O/c1-3-13-24(14-4-2)15-12-17-16-23-20-6-5-7-21(22(17)20)30-31(28,29)19-10-8-18(9-11-19)25(26)27;;/h5-11,16,23H,3-4,12-15H2,1-2H3;1H;1H2.